The predicted octanol–water partition coefficient (Wildman–Crippen LogP) is 2.47. The number of hydrogen-bond acceptors (Lipinski definition) is 5. The number of nitrogens with one attached hydrogen (secondary N) is 3. The number of hydrogen-bond donors (Lipinski definition) is 3. The van der Waals surface area contributed by atoms with Gasteiger partial charge in [-0.3, -0.25) is 25.4 Å². The van der Waals surface area contributed by atoms with Crippen molar-refractivity contribution in [1.82, 2.24) is 20.6 Å². The molecule has 1 amide bonds. The van der Waals surface area contributed by atoms with Crippen molar-refractivity contribution in [2.45, 2.75) is 13.3 Å². The van der Waals surface area contributed by atoms with E-state index in [9.17, 15) is 9.59 Å². The molecule has 0 spiro atoms. The fourth-order valence-corrected chi connectivity index (χ4v) is 2.48. The van der Waals surface area contributed by atoms with Crippen LogP contribution in [0.3, 0.4) is 0 Å². The highest BCUT2D eigenvalue weighted by molar-refractivity contribution is 6.33. The monoisotopic (exact) mass is 369 g/mol. The Morgan fingerprint density at radius 3 is 2.54 bits per heavy atom. The predicted molar refractivity (Wildman–Crippen MR) is 99.2 cm³/mol. The van der Waals surface area contributed by atoms with Crippen molar-refractivity contribution in [2.24, 2.45) is 0 Å². The molecule has 0 saturated heterocycles. The van der Waals surface area contributed by atoms with E-state index in [4.69, 9.17) is 11.6 Å². The molecule has 2 aromatic carbocycles. The van der Waals surface area contributed by atoms with Crippen LogP contribution in [0.15, 0.2) is 53.3 Å². The molecule has 3 rings (SSSR count). The molecule has 0 atom stereocenters. The Morgan fingerprint density at radius 2 is 1.85 bits per heavy atom. The molecule has 3 aromatic rings. The van der Waals surface area contributed by atoms with Crippen LogP contribution in [-0.2, 0) is 6.42 Å². The zero-order chi connectivity index (χ0) is 18.5. The Bertz CT molecular complexity index is 985. The number of benzene rings is 2. The van der Waals surface area contributed by atoms with E-state index >= 15 is 0 Å². The van der Waals surface area contributed by atoms with Gasteiger partial charge in [-0.15, -0.1) is 10.2 Å². The minimum Gasteiger partial charge on any atom is -0.288 e. The summed E-state index contributed by atoms with van der Waals surface area (Å²) in [5, 5.41) is 8.13. The topological polar surface area (TPSA) is 99.8 Å². The quantitative estimate of drug-likeness (QED) is 0.600. The number of aryl methyl sites for hydroxylation is 1. The Kier molecular flexibility index (Phi) is 5.28. The number of nitrogens with zero attached hydrogens (tertiary/aromatic N) is 2. The van der Waals surface area contributed by atoms with E-state index in [1.807, 2.05) is 31.2 Å². The minimum atomic E-state index is -0.456. The van der Waals surface area contributed by atoms with Gasteiger partial charge in [0.15, 0.2) is 0 Å². The molecule has 7 nitrogen and oxygen atoms in total. The Hall–Kier alpha value is -3.19. The van der Waals surface area contributed by atoms with Gasteiger partial charge in [0.25, 0.3) is 11.5 Å². The second-order valence-corrected chi connectivity index (χ2v) is 6.08. The molecule has 0 unspecified atom stereocenters. The summed E-state index contributed by atoms with van der Waals surface area (Å²) in [6.07, 6.45) is 0.370. The van der Waals surface area contributed by atoms with Gasteiger partial charge in [0.2, 0.25) is 5.95 Å². The van der Waals surface area contributed by atoms with Crippen LogP contribution >= 0.6 is 11.6 Å². The molecular formula is C18H16ClN5O2. The molecule has 1 heterocycles. The smallest absolute Gasteiger partial charge is 0.274 e. The van der Waals surface area contributed by atoms with E-state index in [0.717, 1.165) is 11.1 Å². The van der Waals surface area contributed by atoms with E-state index in [1.54, 1.807) is 24.3 Å². The number of rotatable bonds is 5. The molecule has 0 fully saturated rings. The maximum Gasteiger partial charge on any atom is 0.274 e. The molecule has 1 aromatic heterocycles. The second kappa shape index (κ2) is 7.79. The molecule has 0 aliphatic heterocycles. The third kappa shape index (κ3) is 4.25. The van der Waals surface area contributed by atoms with Crippen molar-refractivity contribution in [3.63, 3.8) is 0 Å². The van der Waals surface area contributed by atoms with Crippen LogP contribution in [0.5, 0.6) is 0 Å². The number of carbonyl (C=O) groups is 1. The third-order valence-corrected chi connectivity index (χ3v) is 4.00. The average Bonchev–Trinajstić information content (AvgIpc) is 2.64. The van der Waals surface area contributed by atoms with E-state index in [1.165, 1.54) is 0 Å². The van der Waals surface area contributed by atoms with E-state index < -0.39 is 5.91 Å². The van der Waals surface area contributed by atoms with Crippen LogP contribution in [0, 0.1) is 6.92 Å². The molecule has 0 aliphatic carbocycles. The summed E-state index contributed by atoms with van der Waals surface area (Å²) in [5.41, 5.74) is 7.25. The van der Waals surface area contributed by atoms with Crippen molar-refractivity contribution in [3.05, 3.63) is 86.3 Å². The van der Waals surface area contributed by atoms with Gasteiger partial charge >= 0.3 is 0 Å². The lowest BCUT2D eigenvalue weighted by Gasteiger charge is -2.08. The van der Waals surface area contributed by atoms with Gasteiger partial charge in [0.1, 0.15) is 5.69 Å². The highest BCUT2D eigenvalue weighted by atomic mass is 35.5. The van der Waals surface area contributed by atoms with Crippen LogP contribution in [0.2, 0.25) is 5.02 Å². The summed E-state index contributed by atoms with van der Waals surface area (Å²) in [6, 6.07) is 14.4. The molecule has 8 heteroatoms. The molecule has 0 radical (unpaired) electrons. The summed E-state index contributed by atoms with van der Waals surface area (Å²) in [4.78, 5) is 26.8. The second-order valence-electron chi connectivity index (χ2n) is 5.67. The zero-order valence-corrected chi connectivity index (χ0v) is 14.7. The van der Waals surface area contributed by atoms with Crippen LogP contribution in [0.4, 0.5) is 5.95 Å². The molecule has 0 bridgehead atoms. The van der Waals surface area contributed by atoms with Crippen molar-refractivity contribution in [2.75, 3.05) is 5.43 Å². The molecule has 26 heavy (non-hydrogen) atoms. The van der Waals surface area contributed by atoms with Crippen LogP contribution in [0.25, 0.3) is 0 Å². The van der Waals surface area contributed by atoms with E-state index in [-0.39, 0.29) is 17.2 Å². The fourth-order valence-electron chi connectivity index (χ4n) is 2.26. The highest BCUT2D eigenvalue weighted by Crippen LogP contribution is 2.14. The SMILES string of the molecule is Cc1ccc(Cc2nnc(NNC(=O)c3ccccc3Cl)[nH]c2=O)cc1. The summed E-state index contributed by atoms with van der Waals surface area (Å²) < 4.78 is 0. The maximum absolute atomic E-state index is 12.1. The van der Waals surface area contributed by atoms with Gasteiger partial charge in [-0.1, -0.05) is 53.6 Å². The fraction of sp³-hybridized carbons (Fsp3) is 0.111. The van der Waals surface area contributed by atoms with Gasteiger partial charge in [-0.2, -0.15) is 0 Å². The standard InChI is InChI=1S/C18H16ClN5O2/c1-11-6-8-12(9-7-11)10-15-17(26)20-18(23-21-15)24-22-16(25)13-4-2-3-5-14(13)19/h2-9H,10H2,1H3,(H,22,25)(H2,20,23,24,26). The first-order valence-electron chi connectivity index (χ1n) is 7.85. The number of carbonyl (C=O) groups excluding carboxylic acids is 1. The van der Waals surface area contributed by atoms with Gasteiger partial charge in [-0.25, -0.2) is 0 Å². The number of anilines is 1. The normalized spacial score (nSPS) is 10.4. The van der Waals surface area contributed by atoms with Crippen molar-refractivity contribution >= 4 is 23.5 Å². The number of hydrazine groups is 1. The molecule has 132 valence electrons. The third-order valence-electron chi connectivity index (χ3n) is 3.67. The Balaban J connectivity index is 1.66. The first-order chi connectivity index (χ1) is 12.5. The Morgan fingerprint density at radius 1 is 1.12 bits per heavy atom. The van der Waals surface area contributed by atoms with Crippen LogP contribution < -0.4 is 16.4 Å². The summed E-state index contributed by atoms with van der Waals surface area (Å²) in [5.74, 6) is -0.426. The van der Waals surface area contributed by atoms with Gasteiger partial charge in [0.05, 0.1) is 10.6 Å². The minimum absolute atomic E-state index is 0.0306. The van der Waals surface area contributed by atoms with E-state index in [2.05, 4.69) is 26.0 Å². The van der Waals surface area contributed by atoms with Crippen molar-refractivity contribution < 1.29 is 4.79 Å². The lowest BCUT2D eigenvalue weighted by molar-refractivity contribution is 0.0962. The molecular weight excluding hydrogens is 354 g/mol. The van der Waals surface area contributed by atoms with Gasteiger partial charge in [-0.05, 0) is 24.6 Å². The molecule has 3 N–H and O–H groups in total. The summed E-state index contributed by atoms with van der Waals surface area (Å²) >= 11 is 5.96. The number of aromatic amines is 1. The molecule has 0 aliphatic rings. The van der Waals surface area contributed by atoms with Crippen LogP contribution in [-0.4, -0.2) is 21.1 Å². The lowest BCUT2D eigenvalue weighted by Crippen LogP contribution is -2.32. The van der Waals surface area contributed by atoms with Gasteiger partial charge in [0, 0.05) is 6.42 Å². The first-order valence-corrected chi connectivity index (χ1v) is 8.23. The maximum atomic E-state index is 12.1. The summed E-state index contributed by atoms with van der Waals surface area (Å²) in [7, 11) is 0. The number of aromatic nitrogens is 3. The van der Waals surface area contributed by atoms with Crippen LogP contribution in [0.1, 0.15) is 27.2 Å². The molecule has 0 saturated carbocycles. The number of halogens is 1. The summed E-state index contributed by atoms with van der Waals surface area (Å²) in [6.45, 7) is 1.99. The lowest BCUT2D eigenvalue weighted by atomic mass is 10.1. The number of H-pyrrole nitrogens is 1. The van der Waals surface area contributed by atoms with Crippen molar-refractivity contribution in [3.8, 4) is 0 Å². The Labute approximate surface area is 154 Å². The van der Waals surface area contributed by atoms with Gasteiger partial charge < -0.3 is 0 Å². The van der Waals surface area contributed by atoms with E-state index in [0.29, 0.717) is 17.0 Å². The first kappa shape index (κ1) is 17.6. The largest absolute Gasteiger partial charge is 0.288 e. The number of amides is 1. The zero-order valence-electron chi connectivity index (χ0n) is 13.9. The van der Waals surface area contributed by atoms with Crippen molar-refractivity contribution in [1.29, 1.82) is 0 Å². The average molecular weight is 370 g/mol. The highest BCUT2D eigenvalue weighted by Gasteiger charge is 2.10.